The minimum absolute atomic E-state index is 0.00363. The Morgan fingerprint density at radius 2 is 1.41 bits per heavy atom. The molecule has 5 nitrogen and oxygen atoms in total. The number of carbonyl (C=O) groups excluding carboxylic acids is 2. The minimum atomic E-state index is -0.00363. The van der Waals surface area contributed by atoms with E-state index in [2.05, 4.69) is 15.5 Å². The van der Waals surface area contributed by atoms with E-state index < -0.39 is 0 Å². The lowest BCUT2D eigenvalue weighted by molar-refractivity contribution is -0.123. The highest BCUT2D eigenvalue weighted by molar-refractivity contribution is 5.94. The zero-order valence-electron chi connectivity index (χ0n) is 16.3. The molecule has 0 unspecified atom stereocenters. The zero-order valence-corrected chi connectivity index (χ0v) is 16.3. The molecule has 1 aromatic rings. The number of carbonyl (C=O) groups is 2. The third-order valence-electron chi connectivity index (χ3n) is 5.80. The molecular formula is C22H33N3O2. The Labute approximate surface area is 162 Å². The van der Waals surface area contributed by atoms with Crippen molar-refractivity contribution >= 4 is 11.8 Å². The summed E-state index contributed by atoms with van der Waals surface area (Å²) in [7, 11) is 0. The van der Waals surface area contributed by atoms with E-state index in [4.69, 9.17) is 0 Å². The molecule has 0 bridgehead atoms. The molecule has 0 atom stereocenters. The second-order valence-corrected chi connectivity index (χ2v) is 8.00. The summed E-state index contributed by atoms with van der Waals surface area (Å²) in [6, 6.07) is 9.91. The summed E-state index contributed by atoms with van der Waals surface area (Å²) < 4.78 is 0. The quantitative estimate of drug-likeness (QED) is 0.836. The second kappa shape index (κ2) is 10.5. The predicted molar refractivity (Wildman–Crippen MR) is 108 cm³/mol. The summed E-state index contributed by atoms with van der Waals surface area (Å²) in [5.74, 6) is 0.156. The number of benzene rings is 1. The second-order valence-electron chi connectivity index (χ2n) is 8.00. The lowest BCUT2D eigenvalue weighted by Crippen LogP contribution is -2.48. The van der Waals surface area contributed by atoms with Gasteiger partial charge in [-0.05, 0) is 37.8 Å². The first-order valence-corrected chi connectivity index (χ1v) is 10.6. The maximum Gasteiger partial charge on any atom is 0.251 e. The van der Waals surface area contributed by atoms with Gasteiger partial charge >= 0.3 is 0 Å². The molecule has 1 aromatic carbocycles. The molecule has 0 spiro atoms. The van der Waals surface area contributed by atoms with Gasteiger partial charge in [0, 0.05) is 30.7 Å². The first-order valence-electron chi connectivity index (χ1n) is 10.6. The Kier molecular flexibility index (Phi) is 7.69. The summed E-state index contributed by atoms with van der Waals surface area (Å²) in [5, 5.41) is 6.37. The Hall–Kier alpha value is -1.88. The van der Waals surface area contributed by atoms with Crippen LogP contribution in [0.25, 0.3) is 0 Å². The first-order chi connectivity index (χ1) is 13.2. The average molecular weight is 372 g/mol. The summed E-state index contributed by atoms with van der Waals surface area (Å²) in [4.78, 5) is 26.9. The van der Waals surface area contributed by atoms with E-state index >= 15 is 0 Å². The predicted octanol–water partition coefficient (Wildman–Crippen LogP) is 3.11. The van der Waals surface area contributed by atoms with Gasteiger partial charge in [0.15, 0.2) is 0 Å². The maximum absolute atomic E-state index is 12.4. The number of nitrogens with one attached hydrogen (secondary N) is 2. The summed E-state index contributed by atoms with van der Waals surface area (Å²) in [5.41, 5.74) is 0.707. The van der Waals surface area contributed by atoms with Gasteiger partial charge in [-0.3, -0.25) is 14.5 Å². The van der Waals surface area contributed by atoms with Crippen molar-refractivity contribution in [3.05, 3.63) is 35.9 Å². The third kappa shape index (κ3) is 6.65. The lowest BCUT2D eigenvalue weighted by atomic mass is 9.97. The van der Waals surface area contributed by atoms with Gasteiger partial charge in [0.05, 0.1) is 6.54 Å². The smallest absolute Gasteiger partial charge is 0.251 e. The van der Waals surface area contributed by atoms with Gasteiger partial charge in [-0.25, -0.2) is 0 Å². The monoisotopic (exact) mass is 371 g/mol. The van der Waals surface area contributed by atoms with Crippen LogP contribution in [0.3, 0.4) is 0 Å². The van der Waals surface area contributed by atoms with Crippen molar-refractivity contribution in [2.75, 3.05) is 19.6 Å². The highest BCUT2D eigenvalue weighted by atomic mass is 16.2. The van der Waals surface area contributed by atoms with Crippen LogP contribution in [-0.2, 0) is 4.79 Å². The molecular weight excluding hydrogens is 338 g/mol. The molecule has 148 valence electrons. The topological polar surface area (TPSA) is 61.4 Å². The van der Waals surface area contributed by atoms with E-state index in [1.165, 1.54) is 32.1 Å². The first kappa shape index (κ1) is 19.9. The average Bonchev–Trinajstić information content (AvgIpc) is 2.66. The fourth-order valence-corrected chi connectivity index (χ4v) is 4.17. The Bertz CT molecular complexity index is 589. The molecule has 2 N–H and O–H groups in total. The molecule has 0 radical (unpaired) electrons. The SMILES string of the molecule is O=C(CN1CCC(NC(=O)c2ccccc2)CC1)NC1CCCCCCC1. The summed E-state index contributed by atoms with van der Waals surface area (Å²) in [6.07, 6.45) is 10.5. The fraction of sp³-hybridized carbons (Fsp3) is 0.636. The number of hydrogen-bond acceptors (Lipinski definition) is 3. The highest BCUT2D eigenvalue weighted by Crippen LogP contribution is 2.17. The van der Waals surface area contributed by atoms with Crippen molar-refractivity contribution in [1.82, 2.24) is 15.5 Å². The lowest BCUT2D eigenvalue weighted by Gasteiger charge is -2.32. The molecule has 3 rings (SSSR count). The van der Waals surface area contributed by atoms with Gasteiger partial charge in [-0.1, -0.05) is 50.3 Å². The summed E-state index contributed by atoms with van der Waals surface area (Å²) in [6.45, 7) is 2.20. The molecule has 0 aromatic heterocycles. The van der Waals surface area contributed by atoms with Crippen LogP contribution in [0.1, 0.15) is 68.1 Å². The fourth-order valence-electron chi connectivity index (χ4n) is 4.17. The van der Waals surface area contributed by atoms with Gasteiger partial charge in [-0.2, -0.15) is 0 Å². The number of likely N-dealkylation sites (tertiary alicyclic amines) is 1. The number of piperidine rings is 1. The Morgan fingerprint density at radius 3 is 2.07 bits per heavy atom. The van der Waals surface area contributed by atoms with E-state index in [0.717, 1.165) is 38.8 Å². The van der Waals surface area contributed by atoms with E-state index in [0.29, 0.717) is 18.2 Å². The molecule has 1 saturated carbocycles. The largest absolute Gasteiger partial charge is 0.352 e. The molecule has 2 fully saturated rings. The van der Waals surface area contributed by atoms with Crippen molar-refractivity contribution in [2.45, 2.75) is 69.9 Å². The van der Waals surface area contributed by atoms with Crippen LogP contribution in [0.2, 0.25) is 0 Å². The molecule has 2 aliphatic rings. The standard InChI is InChI=1S/C22H33N3O2/c26-21(23-19-11-7-2-1-3-8-12-19)17-25-15-13-20(14-16-25)24-22(27)18-9-5-4-6-10-18/h4-6,9-10,19-20H,1-3,7-8,11-17H2,(H,23,26)(H,24,27). The van der Waals surface area contributed by atoms with Crippen LogP contribution in [0.5, 0.6) is 0 Å². The number of nitrogens with zero attached hydrogens (tertiary/aromatic N) is 1. The number of amides is 2. The summed E-state index contributed by atoms with van der Waals surface area (Å²) >= 11 is 0. The van der Waals surface area contributed by atoms with Gasteiger partial charge in [0.25, 0.3) is 5.91 Å². The van der Waals surface area contributed by atoms with Crippen molar-refractivity contribution in [3.8, 4) is 0 Å². The molecule has 1 aliphatic heterocycles. The van der Waals surface area contributed by atoms with Crippen molar-refractivity contribution in [1.29, 1.82) is 0 Å². The molecule has 5 heteroatoms. The van der Waals surface area contributed by atoms with Crippen LogP contribution in [-0.4, -0.2) is 48.4 Å². The van der Waals surface area contributed by atoms with Crippen LogP contribution < -0.4 is 10.6 Å². The maximum atomic E-state index is 12.4. The van der Waals surface area contributed by atoms with Crippen molar-refractivity contribution in [2.24, 2.45) is 0 Å². The molecule has 1 saturated heterocycles. The van der Waals surface area contributed by atoms with E-state index in [-0.39, 0.29) is 17.9 Å². The van der Waals surface area contributed by atoms with Gasteiger partial charge in [0.1, 0.15) is 0 Å². The Morgan fingerprint density at radius 1 is 0.815 bits per heavy atom. The van der Waals surface area contributed by atoms with Crippen LogP contribution in [0.15, 0.2) is 30.3 Å². The number of hydrogen-bond donors (Lipinski definition) is 2. The van der Waals surface area contributed by atoms with E-state index in [1.54, 1.807) is 0 Å². The highest BCUT2D eigenvalue weighted by Gasteiger charge is 2.23. The van der Waals surface area contributed by atoms with Crippen molar-refractivity contribution < 1.29 is 9.59 Å². The van der Waals surface area contributed by atoms with Crippen LogP contribution in [0, 0.1) is 0 Å². The number of rotatable bonds is 5. The minimum Gasteiger partial charge on any atom is -0.352 e. The molecule has 27 heavy (non-hydrogen) atoms. The molecule has 1 heterocycles. The normalized spacial score (nSPS) is 20.4. The van der Waals surface area contributed by atoms with Crippen molar-refractivity contribution in [3.63, 3.8) is 0 Å². The zero-order chi connectivity index (χ0) is 18.9. The van der Waals surface area contributed by atoms with Gasteiger partial charge in [-0.15, -0.1) is 0 Å². The van der Waals surface area contributed by atoms with Gasteiger partial charge in [0.2, 0.25) is 5.91 Å². The molecule has 2 amide bonds. The van der Waals surface area contributed by atoms with Crippen LogP contribution in [0.4, 0.5) is 0 Å². The molecule has 1 aliphatic carbocycles. The Balaban J connectivity index is 1.36. The van der Waals surface area contributed by atoms with E-state index in [1.807, 2.05) is 30.3 Å². The van der Waals surface area contributed by atoms with Gasteiger partial charge < -0.3 is 10.6 Å². The van der Waals surface area contributed by atoms with E-state index in [9.17, 15) is 9.59 Å². The third-order valence-corrected chi connectivity index (χ3v) is 5.80. The van der Waals surface area contributed by atoms with Crippen LogP contribution >= 0.6 is 0 Å².